The predicted molar refractivity (Wildman–Crippen MR) is 83.4 cm³/mol. The molecule has 20 heavy (non-hydrogen) atoms. The van der Waals surface area contributed by atoms with Crippen molar-refractivity contribution in [2.75, 3.05) is 6.61 Å². The molecule has 1 aliphatic carbocycles. The molecule has 0 aromatic heterocycles. The Morgan fingerprint density at radius 2 is 1.60 bits per heavy atom. The van der Waals surface area contributed by atoms with E-state index in [1.165, 1.54) is 11.1 Å². The van der Waals surface area contributed by atoms with E-state index in [-0.39, 0.29) is 17.4 Å². The molecule has 1 fully saturated rings. The van der Waals surface area contributed by atoms with Gasteiger partial charge in [0.05, 0.1) is 6.61 Å². The molecule has 1 nitrogen and oxygen atoms in total. The molecule has 1 aliphatic rings. The molecule has 102 valence electrons. The van der Waals surface area contributed by atoms with Gasteiger partial charge in [-0.05, 0) is 17.5 Å². The van der Waals surface area contributed by atoms with Crippen molar-refractivity contribution in [1.29, 1.82) is 0 Å². The van der Waals surface area contributed by atoms with Crippen LogP contribution in [0.5, 0.6) is 0 Å². The lowest BCUT2D eigenvalue weighted by molar-refractivity contribution is 0.226. The Kier molecular flexibility index (Phi) is 3.23. The lowest BCUT2D eigenvalue weighted by Crippen LogP contribution is -2.17. The van der Waals surface area contributed by atoms with Crippen molar-refractivity contribution in [3.8, 4) is 0 Å². The van der Waals surface area contributed by atoms with E-state index in [2.05, 4.69) is 55.5 Å². The molecule has 0 saturated heterocycles. The average molecular weight is 264 g/mol. The van der Waals surface area contributed by atoms with E-state index in [1.54, 1.807) is 0 Å². The number of benzene rings is 2. The van der Waals surface area contributed by atoms with Crippen LogP contribution < -0.4 is 0 Å². The zero-order valence-corrected chi connectivity index (χ0v) is 11.8. The summed E-state index contributed by atoms with van der Waals surface area (Å²) in [6.07, 6.45) is 5.32. The van der Waals surface area contributed by atoms with Gasteiger partial charge in [0.25, 0.3) is 0 Å². The van der Waals surface area contributed by atoms with Gasteiger partial charge in [-0.1, -0.05) is 79.7 Å². The fourth-order valence-electron chi connectivity index (χ4n) is 3.13. The molecule has 1 saturated carbocycles. The van der Waals surface area contributed by atoms with Crippen molar-refractivity contribution in [3.05, 3.63) is 77.9 Å². The van der Waals surface area contributed by atoms with Crippen molar-refractivity contribution in [2.24, 2.45) is 5.41 Å². The summed E-state index contributed by atoms with van der Waals surface area (Å²) in [6.45, 7) is 2.44. The normalized spacial score (nSPS) is 28.7. The maximum atomic E-state index is 9.88. The lowest BCUT2D eigenvalue weighted by Gasteiger charge is -2.18. The number of rotatable bonds is 4. The molecule has 0 aliphatic heterocycles. The van der Waals surface area contributed by atoms with Gasteiger partial charge in [0.1, 0.15) is 0 Å². The molecule has 0 radical (unpaired) electrons. The van der Waals surface area contributed by atoms with E-state index in [0.717, 1.165) is 6.42 Å². The van der Waals surface area contributed by atoms with Crippen LogP contribution in [-0.2, 0) is 5.41 Å². The SMILES string of the molecule is C[C@]1(c2ccccc2)C[C@]1(/C=C/c1ccccc1)CO. The summed E-state index contributed by atoms with van der Waals surface area (Å²) >= 11 is 0. The van der Waals surface area contributed by atoms with Gasteiger partial charge in [0.2, 0.25) is 0 Å². The molecular formula is C19H20O. The molecule has 1 heteroatoms. The summed E-state index contributed by atoms with van der Waals surface area (Å²) in [5, 5.41) is 9.88. The van der Waals surface area contributed by atoms with Crippen molar-refractivity contribution in [2.45, 2.75) is 18.8 Å². The minimum atomic E-state index is -0.121. The first kappa shape index (κ1) is 13.1. The molecule has 0 heterocycles. The molecule has 0 spiro atoms. The van der Waals surface area contributed by atoms with E-state index in [4.69, 9.17) is 0 Å². The third-order valence-electron chi connectivity index (χ3n) is 4.73. The topological polar surface area (TPSA) is 20.2 Å². The lowest BCUT2D eigenvalue weighted by atomic mass is 9.87. The quantitative estimate of drug-likeness (QED) is 0.883. The Morgan fingerprint density at radius 3 is 2.20 bits per heavy atom. The van der Waals surface area contributed by atoms with Crippen LogP contribution in [0.25, 0.3) is 6.08 Å². The Balaban J connectivity index is 1.87. The Labute approximate surface area is 120 Å². The van der Waals surface area contributed by atoms with Gasteiger partial charge in [-0.2, -0.15) is 0 Å². The zero-order valence-electron chi connectivity index (χ0n) is 11.8. The Bertz CT molecular complexity index is 602. The third kappa shape index (κ3) is 2.08. The van der Waals surface area contributed by atoms with E-state index in [1.807, 2.05) is 24.3 Å². The number of aliphatic hydroxyl groups is 1. The minimum Gasteiger partial charge on any atom is -0.395 e. The van der Waals surface area contributed by atoms with Gasteiger partial charge in [-0.3, -0.25) is 0 Å². The fourth-order valence-corrected chi connectivity index (χ4v) is 3.13. The standard InChI is InChI=1S/C19H20O/c1-18(17-10-6-3-7-11-17)14-19(18,15-20)13-12-16-8-4-2-5-9-16/h2-13,20H,14-15H2,1H3/b13-12+/t18-,19-/m1/s1. The second kappa shape index (κ2) is 4.92. The van der Waals surface area contributed by atoms with E-state index in [9.17, 15) is 5.11 Å². The summed E-state index contributed by atoms with van der Waals surface area (Å²) in [5.41, 5.74) is 2.42. The van der Waals surface area contributed by atoms with Crippen LogP contribution >= 0.6 is 0 Å². The largest absolute Gasteiger partial charge is 0.395 e. The summed E-state index contributed by atoms with van der Waals surface area (Å²) in [6, 6.07) is 20.8. The second-order valence-electron chi connectivity index (χ2n) is 5.93. The van der Waals surface area contributed by atoms with E-state index >= 15 is 0 Å². The molecule has 3 rings (SSSR count). The van der Waals surface area contributed by atoms with Gasteiger partial charge < -0.3 is 5.11 Å². The van der Waals surface area contributed by atoms with Crippen LogP contribution in [0.2, 0.25) is 0 Å². The number of aliphatic hydroxyl groups excluding tert-OH is 1. The molecule has 0 amide bonds. The summed E-state index contributed by atoms with van der Waals surface area (Å²) in [7, 11) is 0. The summed E-state index contributed by atoms with van der Waals surface area (Å²) in [4.78, 5) is 0. The Morgan fingerprint density at radius 1 is 1.00 bits per heavy atom. The van der Waals surface area contributed by atoms with Crippen LogP contribution in [0.4, 0.5) is 0 Å². The van der Waals surface area contributed by atoms with Gasteiger partial charge in [-0.25, -0.2) is 0 Å². The maximum Gasteiger partial charge on any atom is 0.0530 e. The highest BCUT2D eigenvalue weighted by molar-refractivity contribution is 5.54. The van der Waals surface area contributed by atoms with Crippen molar-refractivity contribution in [1.82, 2.24) is 0 Å². The highest BCUT2D eigenvalue weighted by atomic mass is 16.3. The third-order valence-corrected chi connectivity index (χ3v) is 4.73. The van der Waals surface area contributed by atoms with Gasteiger partial charge in [0.15, 0.2) is 0 Å². The van der Waals surface area contributed by atoms with Crippen LogP contribution in [-0.4, -0.2) is 11.7 Å². The number of hydrogen-bond donors (Lipinski definition) is 1. The van der Waals surface area contributed by atoms with Gasteiger partial charge in [-0.15, -0.1) is 0 Å². The zero-order chi connectivity index (χ0) is 14.1. The van der Waals surface area contributed by atoms with Crippen LogP contribution in [0.1, 0.15) is 24.5 Å². The first-order valence-corrected chi connectivity index (χ1v) is 7.11. The predicted octanol–water partition coefficient (Wildman–Crippen LogP) is 4.04. The molecule has 0 bridgehead atoms. The van der Waals surface area contributed by atoms with Crippen LogP contribution in [0.3, 0.4) is 0 Å². The van der Waals surface area contributed by atoms with Crippen molar-refractivity contribution in [3.63, 3.8) is 0 Å². The highest BCUT2D eigenvalue weighted by Crippen LogP contribution is 2.65. The van der Waals surface area contributed by atoms with Gasteiger partial charge >= 0.3 is 0 Å². The first-order valence-electron chi connectivity index (χ1n) is 7.11. The van der Waals surface area contributed by atoms with E-state index < -0.39 is 0 Å². The van der Waals surface area contributed by atoms with E-state index in [0.29, 0.717) is 0 Å². The summed E-state index contributed by atoms with van der Waals surface area (Å²) < 4.78 is 0. The number of hydrogen-bond acceptors (Lipinski definition) is 1. The summed E-state index contributed by atoms with van der Waals surface area (Å²) in [5.74, 6) is 0. The molecule has 2 aromatic rings. The van der Waals surface area contributed by atoms with Crippen molar-refractivity contribution >= 4 is 6.08 Å². The molecular weight excluding hydrogens is 244 g/mol. The fraction of sp³-hybridized carbons (Fsp3) is 0.263. The van der Waals surface area contributed by atoms with Crippen molar-refractivity contribution < 1.29 is 5.11 Å². The average Bonchev–Trinajstić information content (AvgIpc) is 3.14. The first-order chi connectivity index (χ1) is 9.70. The van der Waals surface area contributed by atoms with Crippen LogP contribution in [0.15, 0.2) is 66.7 Å². The Hall–Kier alpha value is -1.86. The molecule has 2 atom stereocenters. The minimum absolute atomic E-state index is 0.0499. The molecule has 1 N–H and O–H groups in total. The van der Waals surface area contributed by atoms with Crippen LogP contribution in [0, 0.1) is 5.41 Å². The van der Waals surface area contributed by atoms with Gasteiger partial charge in [0, 0.05) is 10.8 Å². The highest BCUT2D eigenvalue weighted by Gasteiger charge is 2.62. The smallest absolute Gasteiger partial charge is 0.0530 e. The molecule has 0 unspecified atom stereocenters. The second-order valence-corrected chi connectivity index (χ2v) is 5.93. The molecule has 2 aromatic carbocycles. The maximum absolute atomic E-state index is 9.88. The monoisotopic (exact) mass is 264 g/mol.